The smallest absolute Gasteiger partial charge is 0.278 e. The lowest BCUT2D eigenvalue weighted by Crippen LogP contribution is -3.13. The Kier molecular flexibility index (Phi) is 7.17. The number of amides is 1. The van der Waals surface area contributed by atoms with E-state index in [1.54, 1.807) is 28.4 Å². The van der Waals surface area contributed by atoms with Gasteiger partial charge in [-0.1, -0.05) is 18.2 Å². The van der Waals surface area contributed by atoms with Crippen LogP contribution in [0, 0.1) is 5.82 Å². The molecule has 6 heteroatoms. The SMILES string of the molecule is O=C(C[NH2+]CC[NH+]1CCCC1)N(Cc1ccc(F)cc1)Cc1cccs1. The van der Waals surface area contributed by atoms with Crippen LogP contribution in [-0.2, 0) is 17.9 Å². The van der Waals surface area contributed by atoms with Crippen molar-refractivity contribution in [1.29, 1.82) is 0 Å². The van der Waals surface area contributed by atoms with E-state index < -0.39 is 0 Å². The second kappa shape index (κ2) is 9.80. The van der Waals surface area contributed by atoms with E-state index >= 15 is 0 Å². The minimum Gasteiger partial charge on any atom is -0.334 e. The number of rotatable bonds is 9. The number of thiophene rings is 1. The normalized spacial score (nSPS) is 14.7. The van der Waals surface area contributed by atoms with Crippen molar-refractivity contribution in [2.45, 2.75) is 25.9 Å². The Morgan fingerprint density at radius 3 is 2.62 bits per heavy atom. The Labute approximate surface area is 158 Å². The van der Waals surface area contributed by atoms with Crippen molar-refractivity contribution >= 4 is 17.2 Å². The van der Waals surface area contributed by atoms with Crippen molar-refractivity contribution < 1.29 is 19.4 Å². The van der Waals surface area contributed by atoms with Gasteiger partial charge in [0.05, 0.1) is 19.6 Å². The molecule has 0 unspecified atom stereocenters. The number of halogens is 1. The van der Waals surface area contributed by atoms with E-state index in [9.17, 15) is 9.18 Å². The predicted octanol–water partition coefficient (Wildman–Crippen LogP) is 0.658. The molecule has 1 amide bonds. The molecule has 2 heterocycles. The molecule has 1 fully saturated rings. The molecule has 1 aromatic carbocycles. The zero-order valence-electron chi connectivity index (χ0n) is 15.1. The molecule has 0 aliphatic carbocycles. The molecule has 3 N–H and O–H groups in total. The fraction of sp³-hybridized carbons (Fsp3) is 0.450. The number of likely N-dealkylation sites (tertiary alicyclic amines) is 1. The minimum atomic E-state index is -0.248. The van der Waals surface area contributed by atoms with Crippen molar-refractivity contribution in [1.82, 2.24) is 4.90 Å². The predicted molar refractivity (Wildman–Crippen MR) is 101 cm³/mol. The molecule has 26 heavy (non-hydrogen) atoms. The number of hydrogen-bond acceptors (Lipinski definition) is 2. The van der Waals surface area contributed by atoms with Crippen LogP contribution in [0.5, 0.6) is 0 Å². The highest BCUT2D eigenvalue weighted by atomic mass is 32.1. The van der Waals surface area contributed by atoms with E-state index in [1.165, 1.54) is 42.9 Å². The third-order valence-electron chi connectivity index (χ3n) is 4.90. The molecule has 1 aliphatic rings. The van der Waals surface area contributed by atoms with E-state index in [0.29, 0.717) is 19.6 Å². The van der Waals surface area contributed by atoms with Gasteiger partial charge in [0, 0.05) is 24.3 Å². The van der Waals surface area contributed by atoms with Crippen LogP contribution in [0.1, 0.15) is 23.3 Å². The zero-order valence-corrected chi connectivity index (χ0v) is 15.9. The molecule has 0 saturated carbocycles. The monoisotopic (exact) mass is 377 g/mol. The number of nitrogens with zero attached hydrogens (tertiary/aromatic N) is 1. The summed E-state index contributed by atoms with van der Waals surface area (Å²) in [5.41, 5.74) is 0.956. The highest BCUT2D eigenvalue weighted by molar-refractivity contribution is 7.09. The van der Waals surface area contributed by atoms with Gasteiger partial charge < -0.3 is 15.1 Å². The highest BCUT2D eigenvalue weighted by Gasteiger charge is 2.19. The summed E-state index contributed by atoms with van der Waals surface area (Å²) in [6.45, 7) is 6.27. The van der Waals surface area contributed by atoms with Gasteiger partial charge in [0.1, 0.15) is 18.9 Å². The van der Waals surface area contributed by atoms with E-state index in [-0.39, 0.29) is 11.7 Å². The summed E-state index contributed by atoms with van der Waals surface area (Å²) < 4.78 is 13.1. The van der Waals surface area contributed by atoms with Crippen LogP contribution >= 0.6 is 11.3 Å². The number of carbonyl (C=O) groups excluding carboxylic acids is 1. The number of quaternary nitrogens is 2. The number of nitrogens with one attached hydrogen (secondary N) is 1. The standard InChI is InChI=1S/C20H26FN3OS/c21-18-7-5-17(6-8-18)15-24(16-19-4-3-13-26-19)20(25)14-22-9-12-23-10-1-2-11-23/h3-8,13,22H,1-2,9-12,14-16H2/p+2. The molecule has 140 valence electrons. The van der Waals surface area contributed by atoms with Crippen molar-refractivity contribution in [3.8, 4) is 0 Å². The third kappa shape index (κ3) is 5.90. The summed E-state index contributed by atoms with van der Waals surface area (Å²) >= 11 is 1.66. The molecule has 2 aromatic rings. The number of hydrogen-bond donors (Lipinski definition) is 2. The molecule has 1 saturated heterocycles. The Balaban J connectivity index is 1.52. The number of carbonyl (C=O) groups is 1. The average Bonchev–Trinajstić information content (AvgIpc) is 3.33. The van der Waals surface area contributed by atoms with Crippen LogP contribution in [0.4, 0.5) is 4.39 Å². The first-order valence-corrected chi connectivity index (χ1v) is 10.3. The lowest BCUT2D eigenvalue weighted by molar-refractivity contribution is -0.900. The first-order valence-electron chi connectivity index (χ1n) is 9.40. The summed E-state index contributed by atoms with van der Waals surface area (Å²) in [7, 11) is 0. The zero-order chi connectivity index (χ0) is 18.2. The lowest BCUT2D eigenvalue weighted by Gasteiger charge is -2.22. The molecule has 0 spiro atoms. The Bertz CT molecular complexity index is 669. The van der Waals surface area contributed by atoms with Gasteiger partial charge in [-0.3, -0.25) is 4.79 Å². The maximum absolute atomic E-state index is 13.1. The summed E-state index contributed by atoms with van der Waals surface area (Å²) in [6.07, 6.45) is 2.67. The topological polar surface area (TPSA) is 41.4 Å². The van der Waals surface area contributed by atoms with Gasteiger partial charge in [-0.25, -0.2) is 4.39 Å². The second-order valence-corrected chi connectivity index (χ2v) is 7.98. The lowest BCUT2D eigenvalue weighted by atomic mass is 10.2. The van der Waals surface area contributed by atoms with Gasteiger partial charge >= 0.3 is 0 Å². The molecular formula is C20H28FN3OS+2. The molecule has 0 bridgehead atoms. The van der Waals surface area contributed by atoms with Crippen LogP contribution in [0.3, 0.4) is 0 Å². The van der Waals surface area contributed by atoms with E-state index in [0.717, 1.165) is 18.7 Å². The fourth-order valence-electron chi connectivity index (χ4n) is 3.42. The maximum atomic E-state index is 13.1. The third-order valence-corrected chi connectivity index (χ3v) is 5.76. The van der Waals surface area contributed by atoms with Gasteiger partial charge in [0.25, 0.3) is 5.91 Å². The molecule has 4 nitrogen and oxygen atoms in total. The quantitative estimate of drug-likeness (QED) is 0.620. The van der Waals surface area contributed by atoms with E-state index in [4.69, 9.17) is 0 Å². The molecule has 1 aromatic heterocycles. The minimum absolute atomic E-state index is 0.138. The van der Waals surface area contributed by atoms with Crippen molar-refractivity contribution in [2.75, 3.05) is 32.7 Å². The number of nitrogens with two attached hydrogens (primary N) is 1. The first kappa shape index (κ1) is 19.0. The molecule has 0 radical (unpaired) electrons. The molecule has 0 atom stereocenters. The molecular weight excluding hydrogens is 349 g/mol. The van der Waals surface area contributed by atoms with Gasteiger partial charge in [0.15, 0.2) is 6.54 Å². The Morgan fingerprint density at radius 1 is 1.15 bits per heavy atom. The Morgan fingerprint density at radius 2 is 1.92 bits per heavy atom. The van der Waals surface area contributed by atoms with Crippen LogP contribution in [0.15, 0.2) is 41.8 Å². The molecule has 3 rings (SSSR count). The van der Waals surface area contributed by atoms with Crippen molar-refractivity contribution in [3.63, 3.8) is 0 Å². The summed E-state index contributed by atoms with van der Waals surface area (Å²) in [5.74, 6) is -0.109. The average molecular weight is 378 g/mol. The summed E-state index contributed by atoms with van der Waals surface area (Å²) in [4.78, 5) is 17.5. The van der Waals surface area contributed by atoms with Crippen LogP contribution in [0.2, 0.25) is 0 Å². The van der Waals surface area contributed by atoms with Gasteiger partial charge in [-0.05, 0) is 29.1 Å². The van der Waals surface area contributed by atoms with Gasteiger partial charge in [0.2, 0.25) is 0 Å². The first-order chi connectivity index (χ1) is 12.7. The van der Waals surface area contributed by atoms with Gasteiger partial charge in [-0.15, -0.1) is 11.3 Å². The Hall–Kier alpha value is -1.76. The summed E-state index contributed by atoms with van der Waals surface area (Å²) in [5, 5.41) is 4.15. The highest BCUT2D eigenvalue weighted by Crippen LogP contribution is 2.15. The van der Waals surface area contributed by atoms with E-state index in [1.807, 2.05) is 16.3 Å². The van der Waals surface area contributed by atoms with Gasteiger partial charge in [-0.2, -0.15) is 0 Å². The summed E-state index contributed by atoms with van der Waals surface area (Å²) in [6, 6.07) is 10.5. The second-order valence-electron chi connectivity index (χ2n) is 6.94. The van der Waals surface area contributed by atoms with Crippen LogP contribution < -0.4 is 10.2 Å². The maximum Gasteiger partial charge on any atom is 0.278 e. The molecule has 1 aliphatic heterocycles. The van der Waals surface area contributed by atoms with E-state index in [2.05, 4.69) is 11.4 Å². The van der Waals surface area contributed by atoms with Crippen molar-refractivity contribution in [2.24, 2.45) is 0 Å². The fourth-order valence-corrected chi connectivity index (χ4v) is 4.14. The van der Waals surface area contributed by atoms with Crippen LogP contribution in [0.25, 0.3) is 0 Å². The van der Waals surface area contributed by atoms with Crippen molar-refractivity contribution in [3.05, 3.63) is 58.0 Å². The number of benzene rings is 1. The largest absolute Gasteiger partial charge is 0.334 e. The van der Waals surface area contributed by atoms with Crippen LogP contribution in [-0.4, -0.2) is 43.5 Å².